The largest absolute Gasteiger partial charge is 0.488 e. The third-order valence-electron chi connectivity index (χ3n) is 4.15. The summed E-state index contributed by atoms with van der Waals surface area (Å²) in [4.78, 5) is 2.44. The first-order valence-corrected chi connectivity index (χ1v) is 8.49. The molecule has 1 N–H and O–H groups in total. The molecule has 0 unspecified atom stereocenters. The zero-order chi connectivity index (χ0) is 16.1. The monoisotopic (exact) mass is 330 g/mol. The topological polar surface area (TPSA) is 24.5 Å². The quantitative estimate of drug-likeness (QED) is 0.906. The highest BCUT2D eigenvalue weighted by Crippen LogP contribution is 2.29. The molecule has 0 atom stereocenters. The summed E-state index contributed by atoms with van der Waals surface area (Å²) < 4.78 is 6.15. The summed E-state index contributed by atoms with van der Waals surface area (Å²) in [5, 5.41) is 4.16. The van der Waals surface area contributed by atoms with Crippen molar-refractivity contribution in [3.63, 3.8) is 0 Å². The fourth-order valence-corrected chi connectivity index (χ4v) is 3.26. The van der Waals surface area contributed by atoms with Crippen molar-refractivity contribution < 1.29 is 4.74 Å². The van der Waals surface area contributed by atoms with Crippen molar-refractivity contribution in [3.05, 3.63) is 64.2 Å². The lowest BCUT2D eigenvalue weighted by Gasteiger charge is -2.28. The van der Waals surface area contributed by atoms with Crippen LogP contribution in [0.2, 0.25) is 5.02 Å². The summed E-state index contributed by atoms with van der Waals surface area (Å²) in [5.74, 6) is 0.969. The number of rotatable bonds is 5. The summed E-state index contributed by atoms with van der Waals surface area (Å²) in [6, 6.07) is 14.3. The smallest absolute Gasteiger partial charge is 0.127 e. The number of aryl methyl sites for hydroxylation is 1. The Hall–Kier alpha value is -1.55. The summed E-state index contributed by atoms with van der Waals surface area (Å²) in [6.45, 7) is 7.73. The molecule has 2 aromatic carbocycles. The maximum Gasteiger partial charge on any atom is 0.127 e. The van der Waals surface area contributed by atoms with E-state index in [2.05, 4.69) is 29.3 Å². The van der Waals surface area contributed by atoms with Crippen molar-refractivity contribution in [2.75, 3.05) is 26.2 Å². The second kappa shape index (κ2) is 7.82. The molecule has 0 radical (unpaired) electrons. The maximum absolute atomic E-state index is 6.27. The van der Waals surface area contributed by atoms with Crippen molar-refractivity contribution in [1.29, 1.82) is 0 Å². The van der Waals surface area contributed by atoms with Crippen molar-refractivity contribution in [3.8, 4) is 5.75 Å². The second-order valence-electron chi connectivity index (χ2n) is 6.01. The molecule has 1 fully saturated rings. The molecular formula is C19H23ClN2O. The molecule has 0 aromatic heterocycles. The van der Waals surface area contributed by atoms with Gasteiger partial charge in [0.1, 0.15) is 12.4 Å². The zero-order valence-electron chi connectivity index (χ0n) is 13.5. The third kappa shape index (κ3) is 4.47. The standard InChI is InChI=1S/C19H23ClN2O/c1-15-11-18(20)12-17(13-22-9-7-21-8-10-22)19(15)23-14-16-5-3-2-4-6-16/h2-6,11-12,21H,7-10,13-14H2,1H3. The van der Waals surface area contributed by atoms with Crippen molar-refractivity contribution in [2.45, 2.75) is 20.1 Å². The van der Waals surface area contributed by atoms with Gasteiger partial charge in [-0.25, -0.2) is 0 Å². The first kappa shape index (κ1) is 16.3. The molecule has 4 heteroatoms. The highest BCUT2D eigenvalue weighted by Gasteiger charge is 2.15. The predicted octanol–water partition coefficient (Wildman–Crippen LogP) is 3.63. The Morgan fingerprint density at radius 1 is 1.13 bits per heavy atom. The van der Waals surface area contributed by atoms with Crippen LogP contribution in [0.3, 0.4) is 0 Å². The summed E-state index contributed by atoms with van der Waals surface area (Å²) >= 11 is 6.27. The van der Waals surface area contributed by atoms with E-state index in [0.717, 1.165) is 49.1 Å². The Morgan fingerprint density at radius 3 is 2.61 bits per heavy atom. The Labute approximate surface area is 143 Å². The van der Waals surface area contributed by atoms with Crippen LogP contribution in [-0.4, -0.2) is 31.1 Å². The molecule has 2 aromatic rings. The van der Waals surface area contributed by atoms with Crippen molar-refractivity contribution >= 4 is 11.6 Å². The fraction of sp³-hybridized carbons (Fsp3) is 0.368. The van der Waals surface area contributed by atoms with Crippen LogP contribution in [0, 0.1) is 6.92 Å². The van der Waals surface area contributed by atoms with Gasteiger partial charge in [-0.2, -0.15) is 0 Å². The number of piperazine rings is 1. The first-order valence-electron chi connectivity index (χ1n) is 8.11. The molecule has 0 aliphatic carbocycles. The van der Waals surface area contributed by atoms with Gasteiger partial charge in [0.25, 0.3) is 0 Å². The number of halogens is 1. The molecule has 1 aliphatic rings. The predicted molar refractivity (Wildman–Crippen MR) is 95.1 cm³/mol. The van der Waals surface area contributed by atoms with E-state index in [4.69, 9.17) is 16.3 Å². The average Bonchev–Trinajstić information content (AvgIpc) is 2.56. The molecule has 0 bridgehead atoms. The van der Waals surface area contributed by atoms with Crippen LogP contribution in [-0.2, 0) is 13.2 Å². The van der Waals surface area contributed by atoms with Crippen LogP contribution in [0.1, 0.15) is 16.7 Å². The van der Waals surface area contributed by atoms with Gasteiger partial charge >= 0.3 is 0 Å². The Balaban J connectivity index is 1.77. The number of hydrogen-bond acceptors (Lipinski definition) is 3. The minimum Gasteiger partial charge on any atom is -0.488 e. The molecule has 0 amide bonds. The number of nitrogens with zero attached hydrogens (tertiary/aromatic N) is 1. The average molecular weight is 331 g/mol. The van der Waals surface area contributed by atoms with Gasteiger partial charge in [-0.05, 0) is 30.2 Å². The summed E-state index contributed by atoms with van der Waals surface area (Å²) in [6.07, 6.45) is 0. The summed E-state index contributed by atoms with van der Waals surface area (Å²) in [7, 11) is 0. The zero-order valence-corrected chi connectivity index (χ0v) is 14.3. The summed E-state index contributed by atoms with van der Waals surface area (Å²) in [5.41, 5.74) is 3.45. The molecule has 122 valence electrons. The number of ether oxygens (including phenoxy) is 1. The van der Waals surface area contributed by atoms with Crippen LogP contribution in [0.5, 0.6) is 5.75 Å². The Kier molecular flexibility index (Phi) is 5.55. The second-order valence-corrected chi connectivity index (χ2v) is 6.45. The van der Waals surface area contributed by atoms with Gasteiger partial charge in [0, 0.05) is 43.3 Å². The molecule has 1 aliphatic heterocycles. The molecule has 1 saturated heterocycles. The van der Waals surface area contributed by atoms with E-state index in [0.29, 0.717) is 6.61 Å². The molecule has 0 spiro atoms. The van der Waals surface area contributed by atoms with Crippen molar-refractivity contribution in [2.24, 2.45) is 0 Å². The highest BCUT2D eigenvalue weighted by atomic mass is 35.5. The van der Waals surface area contributed by atoms with Gasteiger partial charge < -0.3 is 10.1 Å². The minimum absolute atomic E-state index is 0.581. The molecular weight excluding hydrogens is 308 g/mol. The Morgan fingerprint density at radius 2 is 1.87 bits per heavy atom. The van der Waals surface area contributed by atoms with Crippen LogP contribution in [0.15, 0.2) is 42.5 Å². The molecule has 3 rings (SSSR count). The normalized spacial score (nSPS) is 15.6. The van der Waals surface area contributed by atoms with E-state index in [-0.39, 0.29) is 0 Å². The Bertz CT molecular complexity index is 639. The van der Waals surface area contributed by atoms with Gasteiger partial charge in [-0.3, -0.25) is 4.90 Å². The molecule has 23 heavy (non-hydrogen) atoms. The van der Waals surface area contributed by atoms with Gasteiger partial charge in [0.2, 0.25) is 0 Å². The lowest BCUT2D eigenvalue weighted by molar-refractivity contribution is 0.226. The molecule has 0 saturated carbocycles. The van der Waals surface area contributed by atoms with E-state index in [1.807, 2.05) is 30.3 Å². The van der Waals surface area contributed by atoms with E-state index in [9.17, 15) is 0 Å². The van der Waals surface area contributed by atoms with Crippen LogP contribution in [0.25, 0.3) is 0 Å². The lowest BCUT2D eigenvalue weighted by atomic mass is 10.1. The van der Waals surface area contributed by atoms with Gasteiger partial charge in [-0.15, -0.1) is 0 Å². The van der Waals surface area contributed by atoms with E-state index in [1.165, 1.54) is 11.1 Å². The first-order chi connectivity index (χ1) is 11.2. The number of hydrogen-bond donors (Lipinski definition) is 1. The van der Waals surface area contributed by atoms with E-state index < -0.39 is 0 Å². The number of nitrogens with one attached hydrogen (secondary N) is 1. The minimum atomic E-state index is 0.581. The van der Waals surface area contributed by atoms with Gasteiger partial charge in [0.05, 0.1) is 0 Å². The van der Waals surface area contributed by atoms with Gasteiger partial charge in [0.15, 0.2) is 0 Å². The molecule has 3 nitrogen and oxygen atoms in total. The molecule has 1 heterocycles. The number of benzene rings is 2. The van der Waals surface area contributed by atoms with E-state index in [1.54, 1.807) is 0 Å². The third-order valence-corrected chi connectivity index (χ3v) is 4.36. The van der Waals surface area contributed by atoms with Crippen molar-refractivity contribution in [1.82, 2.24) is 10.2 Å². The van der Waals surface area contributed by atoms with Crippen LogP contribution in [0.4, 0.5) is 0 Å². The van der Waals surface area contributed by atoms with Crippen LogP contribution < -0.4 is 10.1 Å². The maximum atomic E-state index is 6.27. The fourth-order valence-electron chi connectivity index (χ4n) is 2.96. The van der Waals surface area contributed by atoms with Crippen LogP contribution >= 0.6 is 11.6 Å². The lowest BCUT2D eigenvalue weighted by Crippen LogP contribution is -2.42. The van der Waals surface area contributed by atoms with E-state index >= 15 is 0 Å². The highest BCUT2D eigenvalue weighted by molar-refractivity contribution is 6.30. The van der Waals surface area contributed by atoms with Gasteiger partial charge in [-0.1, -0.05) is 41.9 Å². The SMILES string of the molecule is Cc1cc(Cl)cc(CN2CCNCC2)c1OCc1ccccc1.